The zero-order valence-corrected chi connectivity index (χ0v) is 13.7. The van der Waals surface area contributed by atoms with Gasteiger partial charge in [0.15, 0.2) is 6.29 Å². The first-order valence-corrected chi connectivity index (χ1v) is 8.27. The van der Waals surface area contributed by atoms with Gasteiger partial charge in [-0.3, -0.25) is 20.1 Å². The van der Waals surface area contributed by atoms with E-state index in [4.69, 9.17) is 11.1 Å². The zero-order valence-electron chi connectivity index (χ0n) is 13.7. The van der Waals surface area contributed by atoms with Gasteiger partial charge in [-0.05, 0) is 55.3 Å². The normalized spacial score (nSPS) is 15.2. The molecule has 1 aromatic heterocycles. The van der Waals surface area contributed by atoms with Crippen LogP contribution in [0.4, 0.5) is 5.69 Å². The van der Waals surface area contributed by atoms with Crippen LogP contribution in [0, 0.1) is 5.41 Å². The van der Waals surface area contributed by atoms with Crippen LogP contribution in [0.5, 0.6) is 0 Å². The van der Waals surface area contributed by atoms with E-state index in [-0.39, 0.29) is 5.71 Å². The first-order chi connectivity index (χ1) is 11.7. The second-order valence-corrected chi connectivity index (χ2v) is 6.25. The fraction of sp³-hybridized carbons (Fsp3) is 0.316. The van der Waals surface area contributed by atoms with Crippen LogP contribution in [0.1, 0.15) is 30.4 Å². The van der Waals surface area contributed by atoms with Crippen LogP contribution in [0.15, 0.2) is 36.7 Å². The molecule has 0 aliphatic carbocycles. The molecule has 1 saturated heterocycles. The number of benzene rings is 1. The van der Waals surface area contributed by atoms with E-state index < -0.39 is 0 Å². The summed E-state index contributed by atoms with van der Waals surface area (Å²) in [6, 6.07) is 7.55. The van der Waals surface area contributed by atoms with Crippen LogP contribution in [-0.4, -0.2) is 35.0 Å². The predicted molar refractivity (Wildman–Crippen MR) is 96.1 cm³/mol. The molecule has 5 heteroatoms. The third-order valence-electron chi connectivity index (χ3n) is 4.44. The van der Waals surface area contributed by atoms with E-state index in [2.05, 4.69) is 16.0 Å². The number of nitrogens with zero attached hydrogens (tertiary/aromatic N) is 2. The smallest absolute Gasteiger partial charge is 0.168 e. The van der Waals surface area contributed by atoms with Gasteiger partial charge in [-0.25, -0.2) is 0 Å². The number of rotatable bonds is 5. The molecule has 3 N–H and O–H groups in total. The first kappa shape index (κ1) is 16.3. The number of carbonyl (C=O) groups excluding carboxylic acids is 1. The summed E-state index contributed by atoms with van der Waals surface area (Å²) in [6.07, 6.45) is 8.08. The van der Waals surface area contributed by atoms with Crippen LogP contribution >= 0.6 is 0 Å². The summed E-state index contributed by atoms with van der Waals surface area (Å²) in [7, 11) is 0. The topological polar surface area (TPSA) is 83.1 Å². The standard InChI is InChI=1S/C19H22N4O/c20-18-5-4-15(9-17(18)19(21)13-24)16-8-14(10-22-11-16)12-23-6-2-1-3-7-23/h4-5,8-11,13,21H,1-3,6-7,12,20H2. The Hall–Kier alpha value is -2.53. The van der Waals surface area contributed by atoms with Gasteiger partial charge in [-0.2, -0.15) is 0 Å². The van der Waals surface area contributed by atoms with Gasteiger partial charge in [0, 0.05) is 35.8 Å². The molecular formula is C19H22N4O. The average molecular weight is 322 g/mol. The average Bonchev–Trinajstić information content (AvgIpc) is 2.62. The Morgan fingerprint density at radius 2 is 1.96 bits per heavy atom. The molecule has 0 radical (unpaired) electrons. The number of likely N-dealkylation sites (tertiary alicyclic amines) is 1. The lowest BCUT2D eigenvalue weighted by Crippen LogP contribution is -2.29. The fourth-order valence-electron chi connectivity index (χ4n) is 3.14. The van der Waals surface area contributed by atoms with Gasteiger partial charge in [0.2, 0.25) is 0 Å². The number of hydrogen-bond acceptors (Lipinski definition) is 5. The summed E-state index contributed by atoms with van der Waals surface area (Å²) in [5, 5.41) is 7.72. The lowest BCUT2D eigenvalue weighted by molar-refractivity contribution is -0.102. The SMILES string of the molecule is N=C(C=O)c1cc(-c2cncc(CN3CCCCC3)c2)ccc1N. The Morgan fingerprint density at radius 1 is 1.17 bits per heavy atom. The van der Waals surface area contributed by atoms with Crippen LogP contribution in [0.2, 0.25) is 0 Å². The van der Waals surface area contributed by atoms with E-state index in [0.29, 0.717) is 17.5 Å². The maximum atomic E-state index is 10.9. The van der Waals surface area contributed by atoms with Crippen LogP contribution < -0.4 is 5.73 Å². The number of nitrogen functional groups attached to an aromatic ring is 1. The van der Waals surface area contributed by atoms with Crippen LogP contribution in [-0.2, 0) is 11.3 Å². The molecule has 1 fully saturated rings. The quantitative estimate of drug-likeness (QED) is 0.504. The maximum Gasteiger partial charge on any atom is 0.168 e. The van der Waals surface area contributed by atoms with E-state index in [1.54, 1.807) is 18.3 Å². The molecule has 2 heterocycles. The number of aldehydes is 1. The van der Waals surface area contributed by atoms with Gasteiger partial charge in [0.05, 0.1) is 0 Å². The monoisotopic (exact) mass is 322 g/mol. The summed E-state index contributed by atoms with van der Waals surface area (Å²) < 4.78 is 0. The summed E-state index contributed by atoms with van der Waals surface area (Å²) >= 11 is 0. The Balaban J connectivity index is 1.85. The van der Waals surface area contributed by atoms with E-state index in [0.717, 1.165) is 30.8 Å². The number of carbonyl (C=O) groups is 1. The van der Waals surface area contributed by atoms with E-state index >= 15 is 0 Å². The summed E-state index contributed by atoms with van der Waals surface area (Å²) in [4.78, 5) is 17.7. The number of piperidine rings is 1. The van der Waals surface area contributed by atoms with Crippen molar-refractivity contribution in [3.05, 3.63) is 47.8 Å². The molecule has 1 aromatic carbocycles. The molecule has 1 aliphatic rings. The Morgan fingerprint density at radius 3 is 2.71 bits per heavy atom. The van der Waals surface area contributed by atoms with Crippen molar-refractivity contribution in [2.45, 2.75) is 25.8 Å². The van der Waals surface area contributed by atoms with Gasteiger partial charge in [0.1, 0.15) is 5.71 Å². The Labute approximate surface area is 142 Å². The minimum absolute atomic E-state index is 0.105. The Kier molecular flexibility index (Phi) is 5.01. The van der Waals surface area contributed by atoms with Crippen molar-refractivity contribution in [3.8, 4) is 11.1 Å². The van der Waals surface area contributed by atoms with Gasteiger partial charge in [-0.15, -0.1) is 0 Å². The zero-order chi connectivity index (χ0) is 16.9. The van der Waals surface area contributed by atoms with Crippen molar-refractivity contribution in [1.29, 1.82) is 5.41 Å². The second-order valence-electron chi connectivity index (χ2n) is 6.25. The van der Waals surface area contributed by atoms with Crippen molar-refractivity contribution in [2.75, 3.05) is 18.8 Å². The fourth-order valence-corrected chi connectivity index (χ4v) is 3.14. The molecule has 0 saturated carbocycles. The van der Waals surface area contributed by atoms with Crippen molar-refractivity contribution in [2.24, 2.45) is 0 Å². The minimum Gasteiger partial charge on any atom is -0.398 e. The summed E-state index contributed by atoms with van der Waals surface area (Å²) in [5.41, 5.74) is 9.74. The molecule has 0 amide bonds. The molecule has 3 rings (SSSR count). The number of pyridine rings is 1. The molecule has 5 nitrogen and oxygen atoms in total. The van der Waals surface area contributed by atoms with Gasteiger partial charge in [-0.1, -0.05) is 12.5 Å². The molecule has 1 aliphatic heterocycles. The molecule has 24 heavy (non-hydrogen) atoms. The van der Waals surface area contributed by atoms with E-state index in [9.17, 15) is 4.79 Å². The molecule has 0 unspecified atom stereocenters. The van der Waals surface area contributed by atoms with Gasteiger partial charge >= 0.3 is 0 Å². The number of aromatic nitrogens is 1. The summed E-state index contributed by atoms with van der Waals surface area (Å²) in [5.74, 6) is 0. The maximum absolute atomic E-state index is 10.9. The third kappa shape index (κ3) is 3.68. The van der Waals surface area contributed by atoms with Crippen molar-refractivity contribution < 1.29 is 4.79 Å². The van der Waals surface area contributed by atoms with Gasteiger partial charge < -0.3 is 5.73 Å². The Bertz CT molecular complexity index is 751. The highest BCUT2D eigenvalue weighted by Gasteiger charge is 2.12. The predicted octanol–water partition coefficient (Wildman–Crippen LogP) is 2.88. The third-order valence-corrected chi connectivity index (χ3v) is 4.44. The number of hydrogen-bond donors (Lipinski definition) is 2. The lowest BCUT2D eigenvalue weighted by atomic mass is 10.00. The van der Waals surface area contributed by atoms with Crippen molar-refractivity contribution >= 4 is 17.7 Å². The number of nitrogens with two attached hydrogens (primary N) is 1. The van der Waals surface area contributed by atoms with E-state index in [1.165, 1.54) is 24.8 Å². The van der Waals surface area contributed by atoms with Crippen LogP contribution in [0.3, 0.4) is 0 Å². The van der Waals surface area contributed by atoms with Crippen molar-refractivity contribution in [3.63, 3.8) is 0 Å². The molecule has 2 aromatic rings. The highest BCUT2D eigenvalue weighted by atomic mass is 16.1. The molecule has 0 atom stereocenters. The second kappa shape index (κ2) is 7.36. The molecule has 0 spiro atoms. The van der Waals surface area contributed by atoms with Crippen molar-refractivity contribution in [1.82, 2.24) is 9.88 Å². The van der Waals surface area contributed by atoms with E-state index in [1.807, 2.05) is 12.3 Å². The summed E-state index contributed by atoms with van der Waals surface area (Å²) in [6.45, 7) is 3.20. The molecular weight excluding hydrogens is 300 g/mol. The highest BCUT2D eigenvalue weighted by molar-refractivity contribution is 6.36. The largest absolute Gasteiger partial charge is 0.398 e. The molecule has 124 valence electrons. The number of anilines is 1. The highest BCUT2D eigenvalue weighted by Crippen LogP contribution is 2.25. The van der Waals surface area contributed by atoms with Gasteiger partial charge in [0.25, 0.3) is 0 Å². The number of nitrogens with one attached hydrogen (secondary N) is 1. The molecule has 0 bridgehead atoms. The van der Waals surface area contributed by atoms with Crippen LogP contribution in [0.25, 0.3) is 11.1 Å². The lowest BCUT2D eigenvalue weighted by Gasteiger charge is -2.26. The minimum atomic E-state index is -0.105. The first-order valence-electron chi connectivity index (χ1n) is 8.27.